The monoisotopic (exact) mass is 480 g/mol. The molecular formula is C23H29FN2O4S2. The number of hydrogen-bond acceptors (Lipinski definition) is 6. The number of aliphatic hydroxyl groups is 1. The standard InChI is InChI=1S/C23H29FN2O4S2/c1-4-5-9-19-14-26(18-10-7-6-8-11-18)20-12-22(31-3)21(30-16-17(24)15-27)13-23(20)32(28,29)25(19)2/h6-8,10-13,16,19,27H,4-5,9,14-15H2,1-3H3. The van der Waals surface area contributed by atoms with Crippen LogP contribution in [0, 0.1) is 0 Å². The summed E-state index contributed by atoms with van der Waals surface area (Å²) in [4.78, 5) is 2.80. The summed E-state index contributed by atoms with van der Waals surface area (Å²) >= 11 is 1.37. The van der Waals surface area contributed by atoms with Gasteiger partial charge in [-0.05, 0) is 30.9 Å². The van der Waals surface area contributed by atoms with E-state index in [0.717, 1.165) is 31.2 Å². The molecule has 1 aliphatic rings. The number of sulfonamides is 1. The molecule has 174 valence electrons. The second-order valence-corrected chi connectivity index (χ2v) is 10.4. The van der Waals surface area contributed by atoms with E-state index < -0.39 is 22.5 Å². The molecule has 0 amide bonds. The van der Waals surface area contributed by atoms with E-state index in [4.69, 9.17) is 9.84 Å². The summed E-state index contributed by atoms with van der Waals surface area (Å²) in [7, 11) is -2.22. The van der Waals surface area contributed by atoms with Gasteiger partial charge in [0.1, 0.15) is 16.9 Å². The van der Waals surface area contributed by atoms with Crippen molar-refractivity contribution in [3.05, 3.63) is 54.6 Å². The minimum Gasteiger partial charge on any atom is -0.461 e. The van der Waals surface area contributed by atoms with Crippen molar-refractivity contribution in [2.24, 2.45) is 0 Å². The average molecular weight is 481 g/mol. The molecule has 1 unspecified atom stereocenters. The van der Waals surface area contributed by atoms with Gasteiger partial charge in [-0.15, -0.1) is 11.8 Å². The van der Waals surface area contributed by atoms with Crippen molar-refractivity contribution in [2.45, 2.75) is 42.0 Å². The van der Waals surface area contributed by atoms with Crippen LogP contribution in [0.15, 0.2) is 64.3 Å². The number of ether oxygens (including phenoxy) is 1. The Balaban J connectivity index is 2.21. The van der Waals surface area contributed by atoms with E-state index in [1.54, 1.807) is 13.1 Å². The lowest BCUT2D eigenvalue weighted by atomic mass is 10.1. The molecule has 0 aliphatic carbocycles. The van der Waals surface area contributed by atoms with Gasteiger partial charge in [0.25, 0.3) is 0 Å². The number of hydrogen-bond donors (Lipinski definition) is 1. The number of para-hydroxylation sites is 1. The van der Waals surface area contributed by atoms with Crippen molar-refractivity contribution in [3.8, 4) is 5.75 Å². The van der Waals surface area contributed by atoms with Gasteiger partial charge in [0.05, 0.1) is 17.2 Å². The molecule has 0 saturated carbocycles. The Labute approximate surface area is 193 Å². The van der Waals surface area contributed by atoms with Crippen molar-refractivity contribution >= 4 is 33.2 Å². The summed E-state index contributed by atoms with van der Waals surface area (Å²) in [6.07, 6.45) is 5.27. The maximum absolute atomic E-state index is 13.6. The van der Waals surface area contributed by atoms with E-state index in [1.807, 2.05) is 41.5 Å². The maximum atomic E-state index is 13.6. The highest BCUT2D eigenvalue weighted by Crippen LogP contribution is 2.43. The lowest BCUT2D eigenvalue weighted by molar-refractivity contribution is 0.287. The average Bonchev–Trinajstić information content (AvgIpc) is 2.89. The van der Waals surface area contributed by atoms with Crippen LogP contribution >= 0.6 is 11.8 Å². The van der Waals surface area contributed by atoms with Gasteiger partial charge in [-0.2, -0.15) is 4.31 Å². The van der Waals surface area contributed by atoms with Crippen LogP contribution in [0.25, 0.3) is 0 Å². The fraction of sp³-hybridized carbons (Fsp3) is 0.391. The number of halogens is 1. The Morgan fingerprint density at radius 2 is 2.03 bits per heavy atom. The first kappa shape index (κ1) is 24.6. The maximum Gasteiger partial charge on any atom is 0.245 e. The van der Waals surface area contributed by atoms with Gasteiger partial charge in [0.2, 0.25) is 10.0 Å². The number of likely N-dealkylation sites (N-methyl/N-ethyl adjacent to an activating group) is 1. The van der Waals surface area contributed by atoms with Crippen LogP contribution in [0.1, 0.15) is 26.2 Å². The molecule has 2 aromatic carbocycles. The molecule has 2 aromatic rings. The molecule has 9 heteroatoms. The Morgan fingerprint density at radius 3 is 2.66 bits per heavy atom. The third-order valence-corrected chi connectivity index (χ3v) is 8.22. The van der Waals surface area contributed by atoms with Gasteiger partial charge < -0.3 is 14.7 Å². The molecule has 1 atom stereocenters. The zero-order chi connectivity index (χ0) is 23.3. The highest BCUT2D eigenvalue weighted by atomic mass is 32.2. The van der Waals surface area contributed by atoms with Gasteiger partial charge in [0, 0.05) is 31.4 Å². The van der Waals surface area contributed by atoms with Crippen molar-refractivity contribution < 1.29 is 22.7 Å². The molecule has 32 heavy (non-hydrogen) atoms. The largest absolute Gasteiger partial charge is 0.461 e. The Kier molecular flexibility index (Phi) is 8.21. The predicted molar refractivity (Wildman–Crippen MR) is 127 cm³/mol. The number of fused-ring (bicyclic) bond motifs is 1. The van der Waals surface area contributed by atoms with Crippen LogP contribution < -0.4 is 9.64 Å². The van der Waals surface area contributed by atoms with E-state index in [-0.39, 0.29) is 16.7 Å². The molecule has 6 nitrogen and oxygen atoms in total. The fourth-order valence-electron chi connectivity index (χ4n) is 3.71. The van der Waals surface area contributed by atoms with E-state index in [2.05, 4.69) is 6.92 Å². The molecular weight excluding hydrogens is 451 g/mol. The van der Waals surface area contributed by atoms with Crippen LogP contribution in [0.5, 0.6) is 5.75 Å². The molecule has 3 rings (SSSR count). The number of unbranched alkanes of at least 4 members (excludes halogenated alkanes) is 1. The summed E-state index contributed by atoms with van der Waals surface area (Å²) in [6, 6.07) is 12.7. The summed E-state index contributed by atoms with van der Waals surface area (Å²) in [5.41, 5.74) is 1.46. The molecule has 1 N–H and O–H groups in total. The number of benzene rings is 2. The second-order valence-electron chi connectivity index (χ2n) is 7.57. The van der Waals surface area contributed by atoms with Gasteiger partial charge >= 0.3 is 0 Å². The van der Waals surface area contributed by atoms with Gasteiger partial charge in [-0.3, -0.25) is 0 Å². The highest BCUT2D eigenvalue weighted by molar-refractivity contribution is 7.98. The van der Waals surface area contributed by atoms with Crippen molar-refractivity contribution in [1.82, 2.24) is 4.31 Å². The minimum absolute atomic E-state index is 0.105. The number of anilines is 2. The number of rotatable bonds is 8. The topological polar surface area (TPSA) is 70.1 Å². The van der Waals surface area contributed by atoms with Crippen LogP contribution in [-0.2, 0) is 10.0 Å². The van der Waals surface area contributed by atoms with Crippen LogP contribution in [0.4, 0.5) is 15.8 Å². The predicted octanol–water partition coefficient (Wildman–Crippen LogP) is 4.92. The third kappa shape index (κ3) is 5.11. The summed E-state index contributed by atoms with van der Waals surface area (Å²) in [6.45, 7) is 1.81. The summed E-state index contributed by atoms with van der Waals surface area (Å²) in [5, 5.41) is 8.91. The van der Waals surface area contributed by atoms with Crippen LogP contribution in [0.3, 0.4) is 0 Å². The quantitative estimate of drug-likeness (QED) is 0.427. The second kappa shape index (κ2) is 10.7. The normalized spacial score (nSPS) is 18.8. The van der Waals surface area contributed by atoms with Crippen molar-refractivity contribution in [2.75, 3.05) is 31.4 Å². The van der Waals surface area contributed by atoms with Crippen LogP contribution in [0.2, 0.25) is 0 Å². The molecule has 0 fully saturated rings. The van der Waals surface area contributed by atoms with Gasteiger partial charge in [0.15, 0.2) is 5.83 Å². The molecule has 0 aromatic heterocycles. The lowest BCUT2D eigenvalue weighted by Crippen LogP contribution is -2.40. The Bertz CT molecular complexity index is 1060. The molecule has 1 heterocycles. The third-order valence-electron chi connectivity index (χ3n) is 5.52. The summed E-state index contributed by atoms with van der Waals surface area (Å²) in [5.74, 6) is -0.630. The molecule has 0 radical (unpaired) electrons. The Hall–Kier alpha value is -2.07. The smallest absolute Gasteiger partial charge is 0.245 e. The number of thioether (sulfide) groups is 1. The first-order chi connectivity index (χ1) is 15.3. The summed E-state index contributed by atoms with van der Waals surface area (Å²) < 4.78 is 47.6. The van der Waals surface area contributed by atoms with E-state index in [1.165, 1.54) is 22.1 Å². The minimum atomic E-state index is -3.83. The molecule has 0 spiro atoms. The zero-order valence-corrected chi connectivity index (χ0v) is 20.1. The molecule has 0 saturated heterocycles. The van der Waals surface area contributed by atoms with Crippen molar-refractivity contribution in [3.63, 3.8) is 0 Å². The first-order valence-corrected chi connectivity index (χ1v) is 13.1. The molecule has 1 aliphatic heterocycles. The highest BCUT2D eigenvalue weighted by Gasteiger charge is 2.37. The van der Waals surface area contributed by atoms with Crippen molar-refractivity contribution in [1.29, 1.82) is 0 Å². The SMILES string of the molecule is CCCCC1CN(c2ccccc2)c2cc(SC)c(OC=C(F)CO)cc2S(=O)(=O)N1C. The number of aliphatic hydroxyl groups excluding tert-OH is 1. The lowest BCUT2D eigenvalue weighted by Gasteiger charge is -2.29. The fourth-order valence-corrected chi connectivity index (χ4v) is 5.81. The van der Waals surface area contributed by atoms with E-state index in [9.17, 15) is 12.8 Å². The van der Waals surface area contributed by atoms with E-state index >= 15 is 0 Å². The van der Waals surface area contributed by atoms with Gasteiger partial charge in [-0.1, -0.05) is 38.0 Å². The molecule has 0 bridgehead atoms. The number of nitrogens with zero attached hydrogens (tertiary/aromatic N) is 2. The van der Waals surface area contributed by atoms with E-state index in [0.29, 0.717) is 17.1 Å². The first-order valence-electron chi connectivity index (χ1n) is 10.5. The van der Waals surface area contributed by atoms with Gasteiger partial charge in [-0.25, -0.2) is 12.8 Å². The Morgan fingerprint density at radius 1 is 1.31 bits per heavy atom. The zero-order valence-electron chi connectivity index (χ0n) is 18.5. The van der Waals surface area contributed by atoms with Crippen LogP contribution in [-0.4, -0.2) is 50.3 Å².